The van der Waals surface area contributed by atoms with Gasteiger partial charge in [-0.2, -0.15) is 0 Å². The molecule has 18 heavy (non-hydrogen) atoms. The zero-order chi connectivity index (χ0) is 12.8. The lowest BCUT2D eigenvalue weighted by molar-refractivity contribution is 0.298. The summed E-state index contributed by atoms with van der Waals surface area (Å²) >= 11 is 6.96. The molecule has 94 valence electrons. The van der Waals surface area contributed by atoms with Crippen LogP contribution in [0.15, 0.2) is 59.1 Å². The Labute approximate surface area is 124 Å². The SMILES string of the molecule is BrCC(COc1ccc(Br)cc1)c1ccccc1. The van der Waals surface area contributed by atoms with Crippen LogP contribution in [-0.4, -0.2) is 11.9 Å². The highest BCUT2D eigenvalue weighted by Crippen LogP contribution is 2.21. The molecule has 0 heterocycles. The van der Waals surface area contributed by atoms with E-state index in [0.717, 1.165) is 15.6 Å². The van der Waals surface area contributed by atoms with Gasteiger partial charge < -0.3 is 4.74 Å². The van der Waals surface area contributed by atoms with E-state index in [9.17, 15) is 0 Å². The van der Waals surface area contributed by atoms with Gasteiger partial charge in [-0.25, -0.2) is 0 Å². The third-order valence-corrected chi connectivity index (χ3v) is 4.03. The number of ether oxygens (including phenoxy) is 1. The maximum Gasteiger partial charge on any atom is 0.119 e. The number of halogens is 2. The van der Waals surface area contributed by atoms with Crippen molar-refractivity contribution in [2.45, 2.75) is 5.92 Å². The zero-order valence-electron chi connectivity index (χ0n) is 9.85. The molecular formula is C15H14Br2O. The average molecular weight is 370 g/mol. The van der Waals surface area contributed by atoms with E-state index in [-0.39, 0.29) is 0 Å². The van der Waals surface area contributed by atoms with E-state index in [0.29, 0.717) is 12.5 Å². The molecule has 1 atom stereocenters. The van der Waals surface area contributed by atoms with Gasteiger partial charge in [-0.3, -0.25) is 0 Å². The number of hydrogen-bond donors (Lipinski definition) is 0. The highest BCUT2D eigenvalue weighted by atomic mass is 79.9. The minimum absolute atomic E-state index is 0.370. The van der Waals surface area contributed by atoms with Gasteiger partial charge in [0.1, 0.15) is 5.75 Å². The monoisotopic (exact) mass is 368 g/mol. The molecule has 0 spiro atoms. The number of rotatable bonds is 5. The van der Waals surface area contributed by atoms with Crippen molar-refractivity contribution in [3.63, 3.8) is 0 Å². The predicted octanol–water partition coefficient (Wildman–Crippen LogP) is 5.01. The summed E-state index contributed by atoms with van der Waals surface area (Å²) in [5, 5.41) is 0.896. The lowest BCUT2D eigenvalue weighted by atomic mass is 10.0. The van der Waals surface area contributed by atoms with Gasteiger partial charge in [0.2, 0.25) is 0 Å². The fourth-order valence-corrected chi connectivity index (χ4v) is 2.51. The topological polar surface area (TPSA) is 9.23 Å². The van der Waals surface area contributed by atoms with Gasteiger partial charge in [0.15, 0.2) is 0 Å². The second-order valence-corrected chi connectivity index (χ2v) is 5.59. The Balaban J connectivity index is 1.97. The number of alkyl halides is 1. The van der Waals surface area contributed by atoms with E-state index < -0.39 is 0 Å². The van der Waals surface area contributed by atoms with Crippen LogP contribution in [-0.2, 0) is 0 Å². The molecule has 0 N–H and O–H groups in total. The molecule has 0 saturated carbocycles. The summed E-state index contributed by atoms with van der Waals surface area (Å²) in [5.74, 6) is 1.27. The number of hydrogen-bond acceptors (Lipinski definition) is 1. The van der Waals surface area contributed by atoms with Crippen LogP contribution >= 0.6 is 31.9 Å². The molecule has 2 aromatic rings. The Hall–Kier alpha value is -0.800. The Morgan fingerprint density at radius 2 is 1.61 bits per heavy atom. The molecule has 2 aromatic carbocycles. The molecule has 2 rings (SSSR count). The molecule has 0 saturated heterocycles. The van der Waals surface area contributed by atoms with Crippen LogP contribution < -0.4 is 4.74 Å². The van der Waals surface area contributed by atoms with Gasteiger partial charge in [0.25, 0.3) is 0 Å². The lowest BCUT2D eigenvalue weighted by Gasteiger charge is -2.15. The summed E-state index contributed by atoms with van der Waals surface area (Å²) < 4.78 is 6.88. The van der Waals surface area contributed by atoms with E-state index >= 15 is 0 Å². The standard InChI is InChI=1S/C15H14Br2O/c16-10-13(12-4-2-1-3-5-12)11-18-15-8-6-14(17)7-9-15/h1-9,13H,10-11H2. The molecule has 1 unspecified atom stereocenters. The van der Waals surface area contributed by atoms with E-state index in [1.54, 1.807) is 0 Å². The average Bonchev–Trinajstić information content (AvgIpc) is 2.43. The molecule has 0 bridgehead atoms. The molecule has 0 fully saturated rings. The summed E-state index contributed by atoms with van der Waals surface area (Å²) in [7, 11) is 0. The highest BCUT2D eigenvalue weighted by Gasteiger charge is 2.10. The van der Waals surface area contributed by atoms with Crippen LogP contribution in [0.3, 0.4) is 0 Å². The maximum atomic E-state index is 5.82. The summed E-state index contributed by atoms with van der Waals surface area (Å²) in [6, 6.07) is 18.3. The maximum absolute atomic E-state index is 5.82. The Morgan fingerprint density at radius 3 is 2.22 bits per heavy atom. The lowest BCUT2D eigenvalue weighted by Crippen LogP contribution is -2.11. The van der Waals surface area contributed by atoms with Crippen molar-refractivity contribution in [3.05, 3.63) is 64.6 Å². The molecule has 0 aliphatic heterocycles. The first-order valence-electron chi connectivity index (χ1n) is 5.79. The van der Waals surface area contributed by atoms with Crippen LogP contribution in [0.25, 0.3) is 0 Å². The second kappa shape index (κ2) is 6.95. The summed E-state index contributed by atoms with van der Waals surface area (Å²) in [5.41, 5.74) is 1.30. The predicted molar refractivity (Wildman–Crippen MR) is 82.6 cm³/mol. The van der Waals surface area contributed by atoms with Crippen molar-refractivity contribution in [3.8, 4) is 5.75 Å². The van der Waals surface area contributed by atoms with E-state index in [1.165, 1.54) is 5.56 Å². The van der Waals surface area contributed by atoms with Gasteiger partial charge in [-0.15, -0.1) is 0 Å². The first kappa shape index (κ1) is 13.6. The van der Waals surface area contributed by atoms with Crippen LogP contribution in [0.1, 0.15) is 11.5 Å². The molecule has 1 nitrogen and oxygen atoms in total. The van der Waals surface area contributed by atoms with Gasteiger partial charge >= 0.3 is 0 Å². The fourth-order valence-electron chi connectivity index (χ4n) is 1.68. The normalized spacial score (nSPS) is 12.1. The van der Waals surface area contributed by atoms with Crippen molar-refractivity contribution in [1.29, 1.82) is 0 Å². The van der Waals surface area contributed by atoms with Crippen LogP contribution in [0.2, 0.25) is 0 Å². The van der Waals surface area contributed by atoms with Crippen LogP contribution in [0.4, 0.5) is 0 Å². The van der Waals surface area contributed by atoms with E-state index in [2.05, 4.69) is 56.1 Å². The van der Waals surface area contributed by atoms with Crippen molar-refractivity contribution in [2.24, 2.45) is 0 Å². The highest BCUT2D eigenvalue weighted by molar-refractivity contribution is 9.10. The van der Waals surface area contributed by atoms with Gasteiger partial charge in [-0.1, -0.05) is 62.2 Å². The Kier molecular flexibility index (Phi) is 5.26. The van der Waals surface area contributed by atoms with Crippen LogP contribution in [0, 0.1) is 0 Å². The van der Waals surface area contributed by atoms with Crippen molar-refractivity contribution >= 4 is 31.9 Å². The van der Waals surface area contributed by atoms with E-state index in [1.807, 2.05) is 30.3 Å². The molecule has 0 amide bonds. The summed E-state index contributed by atoms with van der Waals surface area (Å²) in [6.45, 7) is 0.677. The third kappa shape index (κ3) is 3.85. The number of benzene rings is 2. The van der Waals surface area contributed by atoms with Gasteiger partial charge in [0, 0.05) is 15.7 Å². The minimum Gasteiger partial charge on any atom is -0.493 e. The quantitative estimate of drug-likeness (QED) is 0.673. The van der Waals surface area contributed by atoms with Crippen molar-refractivity contribution < 1.29 is 4.74 Å². The van der Waals surface area contributed by atoms with Gasteiger partial charge in [-0.05, 0) is 29.8 Å². The molecule has 0 aliphatic rings. The summed E-state index contributed by atoms with van der Waals surface area (Å²) in [4.78, 5) is 0. The minimum atomic E-state index is 0.370. The van der Waals surface area contributed by atoms with Crippen molar-refractivity contribution in [1.82, 2.24) is 0 Å². The molecule has 0 radical (unpaired) electrons. The first-order valence-corrected chi connectivity index (χ1v) is 7.70. The fraction of sp³-hybridized carbons (Fsp3) is 0.200. The Bertz CT molecular complexity index is 468. The molecular weight excluding hydrogens is 356 g/mol. The first-order chi connectivity index (χ1) is 8.79. The molecule has 0 aliphatic carbocycles. The van der Waals surface area contributed by atoms with Gasteiger partial charge in [0.05, 0.1) is 6.61 Å². The van der Waals surface area contributed by atoms with Crippen molar-refractivity contribution in [2.75, 3.05) is 11.9 Å². The molecule has 0 aromatic heterocycles. The van der Waals surface area contributed by atoms with E-state index in [4.69, 9.17) is 4.74 Å². The zero-order valence-corrected chi connectivity index (χ0v) is 13.0. The van der Waals surface area contributed by atoms with Crippen LogP contribution in [0.5, 0.6) is 5.75 Å². The smallest absolute Gasteiger partial charge is 0.119 e. The third-order valence-electron chi connectivity index (χ3n) is 2.72. The largest absolute Gasteiger partial charge is 0.493 e. The molecule has 3 heteroatoms. The summed E-state index contributed by atoms with van der Waals surface area (Å²) in [6.07, 6.45) is 0. The Morgan fingerprint density at radius 1 is 0.944 bits per heavy atom. The second-order valence-electron chi connectivity index (χ2n) is 4.03.